The van der Waals surface area contributed by atoms with Gasteiger partial charge in [-0.15, -0.1) is 0 Å². The van der Waals surface area contributed by atoms with Gasteiger partial charge in [0.05, 0.1) is 0 Å². The van der Waals surface area contributed by atoms with Gasteiger partial charge in [-0.05, 0) is 37.6 Å². The Morgan fingerprint density at radius 2 is 2.32 bits per heavy atom. The normalized spacial score (nSPS) is 18.9. The van der Waals surface area contributed by atoms with Crippen molar-refractivity contribution in [2.45, 2.75) is 25.3 Å². The predicted molar refractivity (Wildman–Crippen MR) is 72.1 cm³/mol. The number of halogens is 2. The number of aromatic nitrogens is 2. The highest BCUT2D eigenvalue weighted by Gasteiger charge is 2.18. The summed E-state index contributed by atoms with van der Waals surface area (Å²) in [6.45, 7) is 1.04. The highest BCUT2D eigenvalue weighted by Crippen LogP contribution is 2.23. The van der Waals surface area contributed by atoms with E-state index in [0.29, 0.717) is 27.8 Å². The van der Waals surface area contributed by atoms with Crippen LogP contribution in [-0.4, -0.2) is 22.7 Å². The lowest BCUT2D eigenvalue weighted by Gasteiger charge is -2.04. The molecule has 1 aliphatic rings. The van der Waals surface area contributed by atoms with E-state index in [9.17, 15) is 4.39 Å². The molecule has 2 aromatic rings. The van der Waals surface area contributed by atoms with Crippen LogP contribution in [0.1, 0.15) is 18.7 Å². The predicted octanol–water partition coefficient (Wildman–Crippen LogP) is 2.93. The maximum absolute atomic E-state index is 13.3. The molecule has 0 radical (unpaired) electrons. The lowest BCUT2D eigenvalue weighted by Crippen LogP contribution is -2.23. The maximum atomic E-state index is 13.3. The van der Waals surface area contributed by atoms with Gasteiger partial charge >= 0.3 is 0 Å². The van der Waals surface area contributed by atoms with Gasteiger partial charge in [0.25, 0.3) is 0 Å². The van der Waals surface area contributed by atoms with Gasteiger partial charge in [0, 0.05) is 22.5 Å². The van der Waals surface area contributed by atoms with Gasteiger partial charge in [0.1, 0.15) is 5.82 Å². The van der Waals surface area contributed by atoms with Crippen LogP contribution in [-0.2, 0) is 6.42 Å². The Labute approximate surface area is 118 Å². The van der Waals surface area contributed by atoms with Gasteiger partial charge in [0.15, 0.2) is 0 Å². The lowest BCUT2D eigenvalue weighted by atomic mass is 10.1. The molecule has 19 heavy (non-hydrogen) atoms. The third kappa shape index (κ3) is 3.01. The third-order valence-electron chi connectivity index (χ3n) is 3.17. The molecule has 0 spiro atoms. The summed E-state index contributed by atoms with van der Waals surface area (Å²) in [5.41, 5.74) is 0.612. The number of nitrogens with one attached hydrogen (secondary N) is 1. The molecule has 0 bridgehead atoms. The number of rotatable bonds is 3. The summed E-state index contributed by atoms with van der Waals surface area (Å²) in [4.78, 5) is 4.32. The fourth-order valence-corrected chi connectivity index (χ4v) is 2.75. The van der Waals surface area contributed by atoms with Crippen molar-refractivity contribution < 1.29 is 8.91 Å². The van der Waals surface area contributed by atoms with Crippen LogP contribution in [0.25, 0.3) is 11.4 Å². The largest absolute Gasteiger partial charge is 0.339 e. The molecule has 0 amide bonds. The molecule has 1 fully saturated rings. The Kier molecular flexibility index (Phi) is 3.61. The zero-order valence-electron chi connectivity index (χ0n) is 10.2. The smallest absolute Gasteiger partial charge is 0.228 e. The summed E-state index contributed by atoms with van der Waals surface area (Å²) < 4.78 is 19.2. The summed E-state index contributed by atoms with van der Waals surface area (Å²) in [5, 5.41) is 7.29. The first-order chi connectivity index (χ1) is 9.20. The third-order valence-corrected chi connectivity index (χ3v) is 3.63. The molecule has 0 saturated carbocycles. The summed E-state index contributed by atoms with van der Waals surface area (Å²) in [5.74, 6) is 0.691. The summed E-state index contributed by atoms with van der Waals surface area (Å²) in [6.07, 6.45) is 3.04. The molecule has 1 atom stereocenters. The number of hydrogen-bond donors (Lipinski definition) is 1. The van der Waals surface area contributed by atoms with Crippen molar-refractivity contribution >= 4 is 15.9 Å². The van der Waals surface area contributed by atoms with Crippen LogP contribution in [0.2, 0.25) is 0 Å². The van der Waals surface area contributed by atoms with Crippen LogP contribution in [0.3, 0.4) is 0 Å². The van der Waals surface area contributed by atoms with Crippen molar-refractivity contribution in [1.29, 1.82) is 0 Å². The van der Waals surface area contributed by atoms with Gasteiger partial charge in [-0.3, -0.25) is 0 Å². The number of nitrogens with zero attached hydrogens (tertiary/aromatic N) is 2. The molecular weight excluding hydrogens is 313 g/mol. The van der Waals surface area contributed by atoms with Crippen molar-refractivity contribution in [3.05, 3.63) is 34.4 Å². The first-order valence-corrected chi connectivity index (χ1v) is 7.02. The highest BCUT2D eigenvalue weighted by atomic mass is 79.9. The van der Waals surface area contributed by atoms with Crippen LogP contribution in [0.15, 0.2) is 27.2 Å². The lowest BCUT2D eigenvalue weighted by molar-refractivity contribution is 0.364. The molecule has 100 valence electrons. The summed E-state index contributed by atoms with van der Waals surface area (Å²) in [7, 11) is 0. The van der Waals surface area contributed by atoms with Gasteiger partial charge in [0.2, 0.25) is 11.7 Å². The average molecular weight is 326 g/mol. The summed E-state index contributed by atoms with van der Waals surface area (Å²) >= 11 is 3.25. The minimum atomic E-state index is -0.326. The molecule has 1 aliphatic heterocycles. The second-order valence-corrected chi connectivity index (χ2v) is 5.58. The second kappa shape index (κ2) is 5.38. The molecule has 4 nitrogen and oxygen atoms in total. The van der Waals surface area contributed by atoms with Crippen molar-refractivity contribution in [2.75, 3.05) is 6.54 Å². The Morgan fingerprint density at radius 3 is 3.05 bits per heavy atom. The molecule has 1 unspecified atom stereocenters. The Balaban J connectivity index is 1.79. The topological polar surface area (TPSA) is 51.0 Å². The van der Waals surface area contributed by atoms with E-state index < -0.39 is 0 Å². The Morgan fingerprint density at radius 1 is 1.42 bits per heavy atom. The van der Waals surface area contributed by atoms with Crippen molar-refractivity contribution in [3.8, 4) is 11.4 Å². The van der Waals surface area contributed by atoms with Crippen LogP contribution in [0.4, 0.5) is 4.39 Å². The van der Waals surface area contributed by atoms with E-state index in [-0.39, 0.29) is 5.82 Å². The quantitative estimate of drug-likeness (QED) is 0.942. The van der Waals surface area contributed by atoms with E-state index >= 15 is 0 Å². The SMILES string of the molecule is Fc1cc(Br)cc(-c2noc(CC3CCCN3)n2)c1. The monoisotopic (exact) mass is 325 g/mol. The van der Waals surface area contributed by atoms with Crippen LogP contribution >= 0.6 is 15.9 Å². The molecule has 1 aromatic carbocycles. The van der Waals surface area contributed by atoms with E-state index in [1.807, 2.05) is 0 Å². The maximum Gasteiger partial charge on any atom is 0.228 e. The van der Waals surface area contributed by atoms with Gasteiger partial charge < -0.3 is 9.84 Å². The zero-order chi connectivity index (χ0) is 13.2. The molecule has 3 rings (SSSR count). The second-order valence-electron chi connectivity index (χ2n) is 4.67. The van der Waals surface area contributed by atoms with E-state index in [4.69, 9.17) is 4.52 Å². The van der Waals surface area contributed by atoms with Gasteiger partial charge in [-0.2, -0.15) is 4.98 Å². The fourth-order valence-electron chi connectivity index (χ4n) is 2.28. The summed E-state index contributed by atoms with van der Waals surface area (Å²) in [6, 6.07) is 4.97. The minimum absolute atomic E-state index is 0.326. The number of hydrogen-bond acceptors (Lipinski definition) is 4. The zero-order valence-corrected chi connectivity index (χ0v) is 11.8. The number of benzene rings is 1. The van der Waals surface area contributed by atoms with E-state index in [1.165, 1.54) is 18.6 Å². The van der Waals surface area contributed by atoms with Crippen LogP contribution in [0, 0.1) is 5.82 Å². The molecule has 1 aromatic heterocycles. The molecule has 2 heterocycles. The van der Waals surface area contributed by atoms with Gasteiger partial charge in [-0.1, -0.05) is 21.1 Å². The van der Waals surface area contributed by atoms with E-state index in [2.05, 4.69) is 31.4 Å². The molecule has 6 heteroatoms. The van der Waals surface area contributed by atoms with Crippen LogP contribution < -0.4 is 5.32 Å². The fraction of sp³-hybridized carbons (Fsp3) is 0.385. The molecular formula is C13H13BrFN3O. The van der Waals surface area contributed by atoms with Crippen LogP contribution in [0.5, 0.6) is 0 Å². The van der Waals surface area contributed by atoms with E-state index in [1.54, 1.807) is 6.07 Å². The van der Waals surface area contributed by atoms with E-state index in [0.717, 1.165) is 19.4 Å². The Bertz CT molecular complexity index is 561. The molecule has 0 aliphatic carbocycles. The van der Waals surface area contributed by atoms with Crippen molar-refractivity contribution in [2.24, 2.45) is 0 Å². The molecule has 1 saturated heterocycles. The molecule has 1 N–H and O–H groups in total. The average Bonchev–Trinajstić information content (AvgIpc) is 2.99. The van der Waals surface area contributed by atoms with Crippen molar-refractivity contribution in [1.82, 2.24) is 15.5 Å². The van der Waals surface area contributed by atoms with Gasteiger partial charge in [-0.25, -0.2) is 4.39 Å². The highest BCUT2D eigenvalue weighted by molar-refractivity contribution is 9.10. The Hall–Kier alpha value is -1.27. The first-order valence-electron chi connectivity index (χ1n) is 6.23. The standard InChI is InChI=1S/C13H13BrFN3O/c14-9-4-8(5-10(15)6-9)13-17-12(19-18-13)7-11-2-1-3-16-11/h4-6,11,16H,1-3,7H2. The first kappa shape index (κ1) is 12.7. The van der Waals surface area contributed by atoms with Crippen molar-refractivity contribution in [3.63, 3.8) is 0 Å². The minimum Gasteiger partial charge on any atom is -0.339 e.